The third kappa shape index (κ3) is 3.49. The number of hydrogen-bond donors (Lipinski definition) is 1. The van der Waals surface area contributed by atoms with Crippen LogP contribution in [-0.2, 0) is 6.54 Å². The van der Waals surface area contributed by atoms with Crippen LogP contribution in [0, 0.1) is 0 Å². The predicted octanol–water partition coefficient (Wildman–Crippen LogP) is 3.47. The fourth-order valence-corrected chi connectivity index (χ4v) is 2.58. The van der Waals surface area contributed by atoms with Crippen molar-refractivity contribution in [1.82, 2.24) is 9.88 Å². The van der Waals surface area contributed by atoms with Gasteiger partial charge in [0.2, 0.25) is 0 Å². The maximum Gasteiger partial charge on any atom is 0.253 e. The topological polar surface area (TPSA) is 37.3 Å². The quantitative estimate of drug-likeness (QED) is 0.782. The number of para-hydroxylation sites is 1. The Morgan fingerprint density at radius 1 is 0.958 bits per heavy atom. The Hall–Kier alpha value is -3.01. The number of anilines is 1. The monoisotopic (exact) mass is 319 g/mol. The van der Waals surface area contributed by atoms with Crippen molar-refractivity contribution < 1.29 is 4.79 Å². The van der Waals surface area contributed by atoms with E-state index in [0.717, 1.165) is 16.9 Å². The third-order valence-corrected chi connectivity index (χ3v) is 3.94. The zero-order valence-electron chi connectivity index (χ0n) is 13.9. The molecule has 0 aliphatic carbocycles. The molecule has 0 aliphatic rings. The Morgan fingerprint density at radius 2 is 1.62 bits per heavy atom. The van der Waals surface area contributed by atoms with Crippen LogP contribution in [-0.4, -0.2) is 24.6 Å². The van der Waals surface area contributed by atoms with E-state index in [-0.39, 0.29) is 5.91 Å². The molecule has 0 saturated carbocycles. The van der Waals surface area contributed by atoms with Gasteiger partial charge in [0.05, 0.1) is 11.3 Å². The number of nitrogens with one attached hydrogen (secondary N) is 1. The minimum atomic E-state index is -0.0732. The maximum absolute atomic E-state index is 12.6. The van der Waals surface area contributed by atoms with Gasteiger partial charge in [0.1, 0.15) is 0 Å². The Bertz CT molecular complexity index is 805. The summed E-state index contributed by atoms with van der Waals surface area (Å²) in [5, 5.41) is 3.00. The van der Waals surface area contributed by atoms with Gasteiger partial charge in [-0.3, -0.25) is 4.79 Å². The molecule has 1 amide bonds. The summed E-state index contributed by atoms with van der Waals surface area (Å²) >= 11 is 0. The first-order valence-corrected chi connectivity index (χ1v) is 7.92. The molecular formula is C20H21N3O. The summed E-state index contributed by atoms with van der Waals surface area (Å²) in [4.78, 5) is 14.6. The molecule has 1 aromatic heterocycles. The number of aromatic nitrogens is 1. The summed E-state index contributed by atoms with van der Waals surface area (Å²) in [6.07, 6.45) is 3.87. The number of rotatable bonds is 5. The average molecular weight is 319 g/mol. The molecule has 3 rings (SSSR count). The van der Waals surface area contributed by atoms with E-state index in [9.17, 15) is 4.79 Å². The van der Waals surface area contributed by atoms with Crippen LogP contribution in [0.2, 0.25) is 0 Å². The first-order valence-electron chi connectivity index (χ1n) is 7.92. The van der Waals surface area contributed by atoms with Gasteiger partial charge < -0.3 is 14.8 Å². The molecule has 0 radical (unpaired) electrons. The van der Waals surface area contributed by atoms with Gasteiger partial charge in [0, 0.05) is 38.7 Å². The highest BCUT2D eigenvalue weighted by molar-refractivity contribution is 5.97. The van der Waals surface area contributed by atoms with Crippen LogP contribution in [0.5, 0.6) is 0 Å². The molecule has 0 unspecified atom stereocenters. The summed E-state index contributed by atoms with van der Waals surface area (Å²) in [5.74, 6) is -0.0732. The maximum atomic E-state index is 12.6. The average Bonchev–Trinajstić information content (AvgIpc) is 3.14. The SMILES string of the molecule is CN(C)c1ccc(CNC(=O)c2ccccc2-n2cccc2)cc1. The Kier molecular flexibility index (Phi) is 4.66. The van der Waals surface area contributed by atoms with Crippen molar-refractivity contribution in [1.29, 1.82) is 0 Å². The van der Waals surface area contributed by atoms with E-state index in [2.05, 4.69) is 22.3 Å². The Labute approximate surface area is 142 Å². The van der Waals surface area contributed by atoms with Gasteiger partial charge in [-0.2, -0.15) is 0 Å². The molecule has 0 spiro atoms. The fourth-order valence-electron chi connectivity index (χ4n) is 2.58. The lowest BCUT2D eigenvalue weighted by atomic mass is 10.1. The fraction of sp³-hybridized carbons (Fsp3) is 0.150. The number of carbonyl (C=O) groups excluding carboxylic acids is 1. The van der Waals surface area contributed by atoms with Gasteiger partial charge in [0.25, 0.3) is 5.91 Å². The number of carbonyl (C=O) groups is 1. The van der Waals surface area contributed by atoms with Crippen molar-refractivity contribution in [3.8, 4) is 5.69 Å². The van der Waals surface area contributed by atoms with Crippen molar-refractivity contribution in [2.24, 2.45) is 0 Å². The van der Waals surface area contributed by atoms with Crippen LogP contribution < -0.4 is 10.2 Å². The summed E-state index contributed by atoms with van der Waals surface area (Å²) in [6, 6.07) is 19.7. The number of benzene rings is 2. The molecule has 0 fully saturated rings. The first kappa shape index (κ1) is 15.9. The lowest BCUT2D eigenvalue weighted by Crippen LogP contribution is -2.24. The molecule has 2 aromatic carbocycles. The van der Waals surface area contributed by atoms with E-state index in [1.807, 2.05) is 79.6 Å². The zero-order chi connectivity index (χ0) is 16.9. The van der Waals surface area contributed by atoms with Gasteiger partial charge in [-0.05, 0) is 42.0 Å². The zero-order valence-corrected chi connectivity index (χ0v) is 13.9. The normalized spacial score (nSPS) is 10.4. The predicted molar refractivity (Wildman–Crippen MR) is 97.7 cm³/mol. The van der Waals surface area contributed by atoms with Crippen LogP contribution in [0.4, 0.5) is 5.69 Å². The molecule has 1 heterocycles. The van der Waals surface area contributed by atoms with Crippen LogP contribution in [0.1, 0.15) is 15.9 Å². The second-order valence-electron chi connectivity index (χ2n) is 5.85. The van der Waals surface area contributed by atoms with Gasteiger partial charge in [-0.1, -0.05) is 24.3 Å². The number of amides is 1. The van der Waals surface area contributed by atoms with Crippen molar-refractivity contribution in [3.63, 3.8) is 0 Å². The van der Waals surface area contributed by atoms with E-state index in [0.29, 0.717) is 12.1 Å². The summed E-state index contributed by atoms with van der Waals surface area (Å²) in [7, 11) is 4.02. The molecule has 4 heteroatoms. The Morgan fingerprint density at radius 3 is 2.29 bits per heavy atom. The van der Waals surface area contributed by atoms with Gasteiger partial charge in [-0.15, -0.1) is 0 Å². The van der Waals surface area contributed by atoms with Gasteiger partial charge >= 0.3 is 0 Å². The molecule has 0 aliphatic heterocycles. The minimum Gasteiger partial charge on any atom is -0.378 e. The Balaban J connectivity index is 1.72. The summed E-state index contributed by atoms with van der Waals surface area (Å²) < 4.78 is 1.95. The molecule has 0 atom stereocenters. The second-order valence-corrected chi connectivity index (χ2v) is 5.85. The number of hydrogen-bond acceptors (Lipinski definition) is 2. The smallest absolute Gasteiger partial charge is 0.253 e. The standard InChI is InChI=1S/C20H21N3O/c1-22(2)17-11-9-16(10-12-17)15-21-20(24)18-7-3-4-8-19(18)23-13-5-6-14-23/h3-14H,15H2,1-2H3,(H,21,24). The van der Waals surface area contributed by atoms with E-state index in [1.54, 1.807) is 0 Å². The minimum absolute atomic E-state index is 0.0732. The highest BCUT2D eigenvalue weighted by atomic mass is 16.1. The van der Waals surface area contributed by atoms with Crippen molar-refractivity contribution >= 4 is 11.6 Å². The van der Waals surface area contributed by atoms with Gasteiger partial charge in [0.15, 0.2) is 0 Å². The van der Waals surface area contributed by atoms with Crippen LogP contribution >= 0.6 is 0 Å². The van der Waals surface area contributed by atoms with E-state index in [4.69, 9.17) is 0 Å². The van der Waals surface area contributed by atoms with Crippen molar-refractivity contribution in [3.05, 3.63) is 84.2 Å². The molecule has 0 saturated heterocycles. The molecule has 122 valence electrons. The van der Waals surface area contributed by atoms with Crippen LogP contribution in [0.25, 0.3) is 5.69 Å². The molecule has 0 bridgehead atoms. The molecule has 1 N–H and O–H groups in total. The van der Waals surface area contributed by atoms with Crippen molar-refractivity contribution in [2.75, 3.05) is 19.0 Å². The molecule has 4 nitrogen and oxygen atoms in total. The van der Waals surface area contributed by atoms with Crippen LogP contribution in [0.15, 0.2) is 73.1 Å². The van der Waals surface area contributed by atoms with Crippen molar-refractivity contribution in [2.45, 2.75) is 6.54 Å². The van der Waals surface area contributed by atoms with Gasteiger partial charge in [-0.25, -0.2) is 0 Å². The highest BCUT2D eigenvalue weighted by Gasteiger charge is 2.11. The van der Waals surface area contributed by atoms with Crippen LogP contribution in [0.3, 0.4) is 0 Å². The third-order valence-electron chi connectivity index (χ3n) is 3.94. The lowest BCUT2D eigenvalue weighted by Gasteiger charge is -2.13. The first-order chi connectivity index (χ1) is 11.6. The second kappa shape index (κ2) is 7.04. The molecule has 3 aromatic rings. The molecule has 24 heavy (non-hydrogen) atoms. The number of nitrogens with zero attached hydrogens (tertiary/aromatic N) is 2. The lowest BCUT2D eigenvalue weighted by molar-refractivity contribution is 0.0951. The summed E-state index contributed by atoms with van der Waals surface area (Å²) in [6.45, 7) is 0.507. The molecular weight excluding hydrogens is 298 g/mol. The van der Waals surface area contributed by atoms with E-state index in [1.165, 1.54) is 0 Å². The van der Waals surface area contributed by atoms with E-state index < -0.39 is 0 Å². The highest BCUT2D eigenvalue weighted by Crippen LogP contribution is 2.15. The largest absolute Gasteiger partial charge is 0.378 e. The van der Waals surface area contributed by atoms with E-state index >= 15 is 0 Å². The summed E-state index contributed by atoms with van der Waals surface area (Å²) in [5.41, 5.74) is 3.76.